The minimum absolute atomic E-state index is 0.158. The molecule has 0 radical (unpaired) electrons. The molecule has 0 saturated heterocycles. The van der Waals surface area contributed by atoms with E-state index in [1.807, 2.05) is 37.3 Å². The van der Waals surface area contributed by atoms with Crippen molar-refractivity contribution in [1.82, 2.24) is 14.8 Å². The van der Waals surface area contributed by atoms with Crippen LogP contribution in [0.3, 0.4) is 0 Å². The highest BCUT2D eigenvalue weighted by Crippen LogP contribution is 2.21. The summed E-state index contributed by atoms with van der Waals surface area (Å²) < 4.78 is 15.5. The number of benzene rings is 2. The predicted octanol–water partition coefficient (Wildman–Crippen LogP) is 3.67. The van der Waals surface area contributed by atoms with Crippen LogP contribution < -0.4 is 5.32 Å². The fourth-order valence-electron chi connectivity index (χ4n) is 2.22. The third kappa shape index (κ3) is 4.45. The van der Waals surface area contributed by atoms with Gasteiger partial charge in [0, 0.05) is 11.4 Å². The van der Waals surface area contributed by atoms with Crippen LogP contribution >= 0.6 is 11.8 Å². The molecule has 3 rings (SSSR count). The summed E-state index contributed by atoms with van der Waals surface area (Å²) in [6.07, 6.45) is 2.75. The number of halogens is 1. The third-order valence-corrected chi connectivity index (χ3v) is 4.81. The van der Waals surface area contributed by atoms with Gasteiger partial charge in [-0.05, 0) is 30.7 Å². The van der Waals surface area contributed by atoms with Crippen LogP contribution in [0.4, 0.5) is 10.1 Å². The minimum Gasteiger partial charge on any atom is -0.325 e. The zero-order chi connectivity index (χ0) is 17.6. The Hall–Kier alpha value is -2.67. The van der Waals surface area contributed by atoms with Gasteiger partial charge in [0.05, 0.1) is 5.25 Å². The number of anilines is 1. The fraction of sp³-hybridized carbons (Fsp3) is 0.167. The molecular formula is C18H17FN4OS. The molecule has 3 aromatic rings. The van der Waals surface area contributed by atoms with E-state index < -0.39 is 5.82 Å². The van der Waals surface area contributed by atoms with Gasteiger partial charge in [-0.1, -0.05) is 30.3 Å². The average Bonchev–Trinajstić information content (AvgIpc) is 3.15. The van der Waals surface area contributed by atoms with Crippen LogP contribution in [0.25, 0.3) is 5.69 Å². The highest BCUT2D eigenvalue weighted by Gasteiger charge is 2.15. The summed E-state index contributed by atoms with van der Waals surface area (Å²) in [4.78, 5) is 16.1. The molecule has 0 aliphatic rings. The molecule has 0 spiro atoms. The third-order valence-electron chi connectivity index (χ3n) is 3.59. The zero-order valence-electron chi connectivity index (χ0n) is 13.6. The Balaban J connectivity index is 1.59. The van der Waals surface area contributed by atoms with Crippen LogP contribution in [-0.2, 0) is 10.5 Å². The first kappa shape index (κ1) is 17.2. The Labute approximate surface area is 149 Å². The number of carbonyl (C=O) groups excluding carboxylic acids is 1. The monoisotopic (exact) mass is 356 g/mol. The fourth-order valence-corrected chi connectivity index (χ4v) is 3.06. The molecule has 1 N–H and O–H groups in total. The predicted molar refractivity (Wildman–Crippen MR) is 97.1 cm³/mol. The number of rotatable bonds is 6. The van der Waals surface area contributed by atoms with Crippen molar-refractivity contribution in [1.29, 1.82) is 0 Å². The van der Waals surface area contributed by atoms with E-state index in [-0.39, 0.29) is 16.8 Å². The van der Waals surface area contributed by atoms with Gasteiger partial charge in [0.15, 0.2) is 5.82 Å². The molecule has 1 amide bonds. The van der Waals surface area contributed by atoms with Crippen LogP contribution in [0.1, 0.15) is 12.5 Å². The maximum absolute atomic E-state index is 14.2. The van der Waals surface area contributed by atoms with E-state index in [1.54, 1.807) is 12.1 Å². The molecule has 0 bridgehead atoms. The second-order valence-corrected chi connectivity index (χ2v) is 6.76. The normalized spacial score (nSPS) is 11.9. The van der Waals surface area contributed by atoms with Crippen molar-refractivity contribution in [3.63, 3.8) is 0 Å². The molecule has 1 atom stereocenters. The SMILES string of the molecule is CC(SCc1ccccc1)C(=O)Nc1ccc(-n2cncn2)c(F)c1. The van der Waals surface area contributed by atoms with Gasteiger partial charge in [0.1, 0.15) is 18.3 Å². The maximum Gasteiger partial charge on any atom is 0.237 e. The summed E-state index contributed by atoms with van der Waals surface area (Å²) in [6.45, 7) is 1.84. The molecule has 128 valence electrons. The second-order valence-electron chi connectivity index (χ2n) is 5.43. The molecule has 1 heterocycles. The topological polar surface area (TPSA) is 59.8 Å². The van der Waals surface area contributed by atoms with E-state index in [1.165, 1.54) is 35.2 Å². The lowest BCUT2D eigenvalue weighted by Crippen LogP contribution is -2.22. The first-order valence-corrected chi connectivity index (χ1v) is 8.79. The highest BCUT2D eigenvalue weighted by molar-refractivity contribution is 7.99. The van der Waals surface area contributed by atoms with Gasteiger partial charge < -0.3 is 5.32 Å². The average molecular weight is 356 g/mol. The van der Waals surface area contributed by atoms with Gasteiger partial charge in [-0.25, -0.2) is 14.1 Å². The lowest BCUT2D eigenvalue weighted by atomic mass is 10.2. The summed E-state index contributed by atoms with van der Waals surface area (Å²) in [5.41, 5.74) is 1.86. The van der Waals surface area contributed by atoms with E-state index in [4.69, 9.17) is 0 Å². The van der Waals surface area contributed by atoms with Crippen LogP contribution in [-0.4, -0.2) is 25.9 Å². The van der Waals surface area contributed by atoms with E-state index in [9.17, 15) is 9.18 Å². The molecule has 25 heavy (non-hydrogen) atoms. The van der Waals surface area contributed by atoms with E-state index in [0.29, 0.717) is 5.69 Å². The van der Waals surface area contributed by atoms with Crippen molar-refractivity contribution < 1.29 is 9.18 Å². The summed E-state index contributed by atoms with van der Waals surface area (Å²) in [5, 5.41) is 6.39. The summed E-state index contributed by atoms with van der Waals surface area (Å²) >= 11 is 1.53. The molecule has 2 aromatic carbocycles. The summed E-state index contributed by atoms with van der Waals surface area (Å²) in [7, 11) is 0. The Kier molecular flexibility index (Phi) is 5.45. The number of hydrogen-bond donors (Lipinski definition) is 1. The van der Waals surface area contributed by atoms with Gasteiger partial charge in [-0.2, -0.15) is 5.10 Å². The lowest BCUT2D eigenvalue weighted by Gasteiger charge is -2.13. The molecule has 1 aromatic heterocycles. The Morgan fingerprint density at radius 1 is 1.28 bits per heavy atom. The Morgan fingerprint density at radius 3 is 2.76 bits per heavy atom. The first-order valence-electron chi connectivity index (χ1n) is 7.74. The minimum atomic E-state index is -0.479. The van der Waals surface area contributed by atoms with Crippen molar-refractivity contribution in [2.75, 3.05) is 5.32 Å². The zero-order valence-corrected chi connectivity index (χ0v) is 14.4. The number of nitrogens with one attached hydrogen (secondary N) is 1. The van der Waals surface area contributed by atoms with Gasteiger partial charge in [-0.15, -0.1) is 11.8 Å². The molecule has 0 aliphatic carbocycles. The van der Waals surface area contributed by atoms with Crippen LogP contribution in [0, 0.1) is 5.82 Å². The lowest BCUT2D eigenvalue weighted by molar-refractivity contribution is -0.115. The first-order chi connectivity index (χ1) is 12.1. The standard InChI is InChI=1S/C18H17FN4OS/c1-13(25-10-14-5-3-2-4-6-14)18(24)22-15-7-8-17(16(19)9-15)23-12-20-11-21-23/h2-9,11-13H,10H2,1H3,(H,22,24). The number of nitrogens with zero attached hydrogens (tertiary/aromatic N) is 3. The maximum atomic E-state index is 14.2. The number of thioether (sulfide) groups is 1. The van der Waals surface area contributed by atoms with Gasteiger partial charge in [-0.3, -0.25) is 4.79 Å². The van der Waals surface area contributed by atoms with Gasteiger partial charge >= 0.3 is 0 Å². The molecule has 1 unspecified atom stereocenters. The van der Waals surface area contributed by atoms with E-state index in [2.05, 4.69) is 15.4 Å². The molecule has 0 aliphatic heterocycles. The van der Waals surface area contributed by atoms with Crippen LogP contribution in [0.2, 0.25) is 0 Å². The Morgan fingerprint density at radius 2 is 2.08 bits per heavy atom. The van der Waals surface area contributed by atoms with Gasteiger partial charge in [0.25, 0.3) is 0 Å². The quantitative estimate of drug-likeness (QED) is 0.732. The molecule has 5 nitrogen and oxygen atoms in total. The molecular weight excluding hydrogens is 339 g/mol. The van der Waals surface area contributed by atoms with Crippen molar-refractivity contribution in [3.05, 3.63) is 72.6 Å². The Bertz CT molecular complexity index is 840. The largest absolute Gasteiger partial charge is 0.325 e. The smallest absolute Gasteiger partial charge is 0.237 e. The van der Waals surface area contributed by atoms with Gasteiger partial charge in [0.2, 0.25) is 5.91 Å². The number of hydrogen-bond acceptors (Lipinski definition) is 4. The number of amides is 1. The van der Waals surface area contributed by atoms with Crippen molar-refractivity contribution in [2.45, 2.75) is 17.9 Å². The molecule has 0 fully saturated rings. The second kappa shape index (κ2) is 7.94. The molecule has 0 saturated carbocycles. The van der Waals surface area contributed by atoms with E-state index >= 15 is 0 Å². The number of carbonyl (C=O) groups is 1. The summed E-state index contributed by atoms with van der Waals surface area (Å²) in [5.74, 6) is 0.108. The van der Waals surface area contributed by atoms with Crippen LogP contribution in [0.15, 0.2) is 61.2 Å². The molecule has 7 heteroatoms. The van der Waals surface area contributed by atoms with Crippen molar-refractivity contribution in [2.24, 2.45) is 0 Å². The highest BCUT2D eigenvalue weighted by atomic mass is 32.2. The van der Waals surface area contributed by atoms with Crippen molar-refractivity contribution in [3.8, 4) is 5.69 Å². The summed E-state index contributed by atoms with van der Waals surface area (Å²) in [6, 6.07) is 14.4. The number of aromatic nitrogens is 3. The van der Waals surface area contributed by atoms with E-state index in [0.717, 1.165) is 11.3 Å². The van der Waals surface area contributed by atoms with Crippen LogP contribution in [0.5, 0.6) is 0 Å². The van der Waals surface area contributed by atoms with Crippen molar-refractivity contribution >= 4 is 23.4 Å².